The van der Waals surface area contributed by atoms with Crippen LogP contribution in [-0.4, -0.2) is 22.2 Å². The fraction of sp³-hybridized carbons (Fsp3) is 0.308. The SMILES string of the molecule is CC(C)(CO)Nc1nccc2cc(N)ccc12. The van der Waals surface area contributed by atoms with E-state index in [-0.39, 0.29) is 6.61 Å². The van der Waals surface area contributed by atoms with Gasteiger partial charge in [0.15, 0.2) is 0 Å². The number of aliphatic hydroxyl groups is 1. The molecule has 0 spiro atoms. The van der Waals surface area contributed by atoms with Gasteiger partial charge in [0, 0.05) is 17.3 Å². The van der Waals surface area contributed by atoms with Crippen molar-refractivity contribution in [2.75, 3.05) is 17.7 Å². The Balaban J connectivity index is 2.48. The molecule has 0 saturated carbocycles. The molecular formula is C13H17N3O. The Hall–Kier alpha value is -1.81. The second-order valence-corrected chi connectivity index (χ2v) is 4.81. The number of hydrogen-bond acceptors (Lipinski definition) is 4. The summed E-state index contributed by atoms with van der Waals surface area (Å²) in [5.74, 6) is 0.765. The number of pyridine rings is 1. The van der Waals surface area contributed by atoms with Gasteiger partial charge in [-0.3, -0.25) is 0 Å². The third-order valence-electron chi connectivity index (χ3n) is 2.64. The normalized spacial score (nSPS) is 11.7. The first-order valence-electron chi connectivity index (χ1n) is 5.55. The Morgan fingerprint density at radius 3 is 2.82 bits per heavy atom. The highest BCUT2D eigenvalue weighted by Gasteiger charge is 2.17. The average molecular weight is 231 g/mol. The Kier molecular flexibility index (Phi) is 2.90. The maximum Gasteiger partial charge on any atom is 0.134 e. The Morgan fingerprint density at radius 1 is 1.35 bits per heavy atom. The molecule has 2 rings (SSSR count). The molecule has 0 aliphatic heterocycles. The third kappa shape index (κ3) is 2.47. The maximum absolute atomic E-state index is 9.26. The standard InChI is InChI=1S/C13H17N3O/c1-13(2,8-17)16-12-11-4-3-10(14)7-9(11)5-6-15-12/h3-7,17H,8,14H2,1-2H3,(H,15,16). The largest absolute Gasteiger partial charge is 0.399 e. The Morgan fingerprint density at radius 2 is 2.12 bits per heavy atom. The lowest BCUT2D eigenvalue weighted by Gasteiger charge is -2.24. The minimum Gasteiger partial charge on any atom is -0.399 e. The summed E-state index contributed by atoms with van der Waals surface area (Å²) in [6, 6.07) is 7.62. The molecule has 2 aromatic rings. The van der Waals surface area contributed by atoms with E-state index in [1.54, 1.807) is 6.20 Å². The molecule has 1 aromatic carbocycles. The van der Waals surface area contributed by atoms with Crippen LogP contribution in [0.2, 0.25) is 0 Å². The smallest absolute Gasteiger partial charge is 0.134 e. The lowest BCUT2D eigenvalue weighted by atomic mass is 10.1. The van der Waals surface area contributed by atoms with Gasteiger partial charge in [0.05, 0.1) is 12.1 Å². The monoisotopic (exact) mass is 231 g/mol. The van der Waals surface area contributed by atoms with Gasteiger partial charge in [-0.25, -0.2) is 4.98 Å². The van der Waals surface area contributed by atoms with Gasteiger partial charge in [-0.1, -0.05) is 0 Å². The number of nitrogen functional groups attached to an aromatic ring is 1. The molecule has 0 aliphatic rings. The predicted octanol–water partition coefficient (Wildman–Crippen LogP) is 2.00. The van der Waals surface area contributed by atoms with E-state index in [1.807, 2.05) is 38.1 Å². The summed E-state index contributed by atoms with van der Waals surface area (Å²) in [5.41, 5.74) is 6.08. The van der Waals surface area contributed by atoms with Crippen molar-refractivity contribution in [1.82, 2.24) is 4.98 Å². The molecule has 1 heterocycles. The van der Waals surface area contributed by atoms with E-state index in [0.717, 1.165) is 22.3 Å². The molecule has 1 aromatic heterocycles. The summed E-state index contributed by atoms with van der Waals surface area (Å²) < 4.78 is 0. The average Bonchev–Trinajstić information content (AvgIpc) is 2.28. The molecule has 0 unspecified atom stereocenters. The van der Waals surface area contributed by atoms with E-state index in [1.165, 1.54) is 0 Å². The Bertz CT molecular complexity index is 537. The maximum atomic E-state index is 9.26. The molecular weight excluding hydrogens is 214 g/mol. The van der Waals surface area contributed by atoms with Crippen molar-refractivity contribution in [1.29, 1.82) is 0 Å². The van der Waals surface area contributed by atoms with Crippen molar-refractivity contribution < 1.29 is 5.11 Å². The zero-order valence-electron chi connectivity index (χ0n) is 10.1. The van der Waals surface area contributed by atoms with Crippen LogP contribution in [0.15, 0.2) is 30.5 Å². The molecule has 90 valence electrons. The number of rotatable bonds is 3. The molecule has 4 N–H and O–H groups in total. The van der Waals surface area contributed by atoms with Gasteiger partial charge >= 0.3 is 0 Å². The van der Waals surface area contributed by atoms with E-state index < -0.39 is 5.54 Å². The van der Waals surface area contributed by atoms with Crippen LogP contribution in [0.4, 0.5) is 11.5 Å². The molecule has 0 radical (unpaired) electrons. The summed E-state index contributed by atoms with van der Waals surface area (Å²) in [4.78, 5) is 4.31. The summed E-state index contributed by atoms with van der Waals surface area (Å²) >= 11 is 0. The summed E-state index contributed by atoms with van der Waals surface area (Å²) in [7, 11) is 0. The number of benzene rings is 1. The van der Waals surface area contributed by atoms with Crippen LogP contribution in [-0.2, 0) is 0 Å². The highest BCUT2D eigenvalue weighted by molar-refractivity contribution is 5.93. The van der Waals surface area contributed by atoms with Gasteiger partial charge < -0.3 is 16.2 Å². The van der Waals surface area contributed by atoms with E-state index in [9.17, 15) is 5.11 Å². The van der Waals surface area contributed by atoms with Crippen LogP contribution >= 0.6 is 0 Å². The second kappa shape index (κ2) is 4.22. The van der Waals surface area contributed by atoms with Crippen LogP contribution in [0.5, 0.6) is 0 Å². The highest BCUT2D eigenvalue weighted by atomic mass is 16.3. The molecule has 4 heteroatoms. The van der Waals surface area contributed by atoms with Gasteiger partial charge in [0.1, 0.15) is 5.82 Å². The first kappa shape index (κ1) is 11.7. The number of hydrogen-bond donors (Lipinski definition) is 3. The number of fused-ring (bicyclic) bond motifs is 1. The second-order valence-electron chi connectivity index (χ2n) is 4.81. The fourth-order valence-corrected chi connectivity index (χ4v) is 1.66. The minimum absolute atomic E-state index is 0.0417. The molecule has 17 heavy (non-hydrogen) atoms. The van der Waals surface area contributed by atoms with E-state index in [2.05, 4.69) is 10.3 Å². The number of anilines is 2. The van der Waals surface area contributed by atoms with Gasteiger partial charge in [-0.15, -0.1) is 0 Å². The van der Waals surface area contributed by atoms with Crippen molar-refractivity contribution in [2.45, 2.75) is 19.4 Å². The van der Waals surface area contributed by atoms with Gasteiger partial charge in [-0.05, 0) is 43.5 Å². The van der Waals surface area contributed by atoms with E-state index in [4.69, 9.17) is 5.73 Å². The number of nitrogens with two attached hydrogens (primary N) is 1. The molecule has 0 aliphatic carbocycles. The fourth-order valence-electron chi connectivity index (χ4n) is 1.66. The molecule has 0 atom stereocenters. The molecule has 4 nitrogen and oxygen atoms in total. The molecule has 0 saturated heterocycles. The zero-order chi connectivity index (χ0) is 12.5. The quantitative estimate of drug-likeness (QED) is 0.706. The molecule has 0 amide bonds. The van der Waals surface area contributed by atoms with Crippen molar-refractivity contribution in [3.05, 3.63) is 30.5 Å². The first-order chi connectivity index (χ1) is 8.02. The van der Waals surface area contributed by atoms with Crippen LogP contribution in [0, 0.1) is 0 Å². The van der Waals surface area contributed by atoms with Crippen LogP contribution in [0.3, 0.4) is 0 Å². The molecule has 0 fully saturated rings. The van der Waals surface area contributed by atoms with Crippen LogP contribution < -0.4 is 11.1 Å². The molecule has 0 bridgehead atoms. The lowest BCUT2D eigenvalue weighted by molar-refractivity contribution is 0.234. The van der Waals surface area contributed by atoms with Crippen molar-refractivity contribution in [3.63, 3.8) is 0 Å². The number of aliphatic hydroxyl groups excluding tert-OH is 1. The zero-order valence-corrected chi connectivity index (χ0v) is 10.1. The van der Waals surface area contributed by atoms with Crippen LogP contribution in [0.1, 0.15) is 13.8 Å². The number of nitrogens with one attached hydrogen (secondary N) is 1. The Labute approximate surface area is 100 Å². The number of aromatic nitrogens is 1. The minimum atomic E-state index is -0.400. The van der Waals surface area contributed by atoms with E-state index in [0.29, 0.717) is 0 Å². The third-order valence-corrected chi connectivity index (χ3v) is 2.64. The summed E-state index contributed by atoms with van der Waals surface area (Å²) in [5, 5.41) is 14.5. The van der Waals surface area contributed by atoms with E-state index >= 15 is 0 Å². The van der Waals surface area contributed by atoms with Gasteiger partial charge in [0.25, 0.3) is 0 Å². The van der Waals surface area contributed by atoms with Crippen molar-refractivity contribution >= 4 is 22.3 Å². The summed E-state index contributed by atoms with van der Waals surface area (Å²) in [6.07, 6.45) is 1.73. The van der Waals surface area contributed by atoms with Crippen LogP contribution in [0.25, 0.3) is 10.8 Å². The van der Waals surface area contributed by atoms with Crippen molar-refractivity contribution in [2.24, 2.45) is 0 Å². The first-order valence-corrected chi connectivity index (χ1v) is 5.55. The predicted molar refractivity (Wildman–Crippen MR) is 70.9 cm³/mol. The number of nitrogens with zero attached hydrogens (tertiary/aromatic N) is 1. The van der Waals surface area contributed by atoms with Gasteiger partial charge in [0.2, 0.25) is 0 Å². The van der Waals surface area contributed by atoms with Crippen molar-refractivity contribution in [3.8, 4) is 0 Å². The lowest BCUT2D eigenvalue weighted by Crippen LogP contribution is -2.35. The summed E-state index contributed by atoms with van der Waals surface area (Å²) in [6.45, 7) is 3.88. The highest BCUT2D eigenvalue weighted by Crippen LogP contribution is 2.25. The van der Waals surface area contributed by atoms with Gasteiger partial charge in [-0.2, -0.15) is 0 Å². The topological polar surface area (TPSA) is 71.2 Å².